The smallest absolute Gasteiger partial charge is 0.0402 e. The third-order valence-electron chi connectivity index (χ3n) is 2.12. The number of likely N-dealkylation sites (N-methyl/N-ethyl adjacent to an activating group) is 1. The van der Waals surface area contributed by atoms with Crippen LogP contribution in [0.3, 0.4) is 0 Å². The molecule has 1 heteroatoms. The molecule has 0 spiro atoms. The van der Waals surface area contributed by atoms with Crippen LogP contribution in [0, 0.1) is 5.92 Å². The molecule has 1 rings (SSSR count). The van der Waals surface area contributed by atoms with E-state index in [0.717, 1.165) is 5.57 Å². The Labute approximate surface area is 75.1 Å². The monoisotopic (exact) mass is 163 g/mol. The second-order valence-electron chi connectivity index (χ2n) is 3.71. The van der Waals surface area contributed by atoms with Gasteiger partial charge in [0.2, 0.25) is 0 Å². The molecular weight excluding hydrogens is 146 g/mol. The van der Waals surface area contributed by atoms with Gasteiger partial charge in [0.05, 0.1) is 0 Å². The Kier molecular flexibility index (Phi) is 2.41. The summed E-state index contributed by atoms with van der Waals surface area (Å²) in [6.07, 6.45) is 4.22. The summed E-state index contributed by atoms with van der Waals surface area (Å²) < 4.78 is 0. The van der Waals surface area contributed by atoms with Crippen molar-refractivity contribution in [2.24, 2.45) is 5.92 Å². The first-order chi connectivity index (χ1) is 5.54. The Morgan fingerprint density at radius 2 is 1.83 bits per heavy atom. The predicted octanol–water partition coefficient (Wildman–Crippen LogP) is 2.58. The van der Waals surface area contributed by atoms with Gasteiger partial charge >= 0.3 is 0 Å². The summed E-state index contributed by atoms with van der Waals surface area (Å²) in [6.45, 7) is 8.43. The van der Waals surface area contributed by atoms with Gasteiger partial charge in [0, 0.05) is 19.8 Å². The molecule has 0 aromatic heterocycles. The van der Waals surface area contributed by atoms with E-state index in [4.69, 9.17) is 0 Å². The molecular formula is C11H17N. The molecule has 0 atom stereocenters. The summed E-state index contributed by atoms with van der Waals surface area (Å²) in [5.41, 5.74) is 3.84. The molecule has 1 aliphatic rings. The van der Waals surface area contributed by atoms with Crippen LogP contribution in [0.5, 0.6) is 0 Å². The van der Waals surface area contributed by atoms with E-state index in [-0.39, 0.29) is 0 Å². The lowest BCUT2D eigenvalue weighted by molar-refractivity contribution is 0.517. The van der Waals surface area contributed by atoms with Crippen molar-refractivity contribution in [3.05, 3.63) is 35.6 Å². The van der Waals surface area contributed by atoms with Crippen LogP contribution in [0.2, 0.25) is 0 Å². The van der Waals surface area contributed by atoms with E-state index < -0.39 is 0 Å². The lowest BCUT2D eigenvalue weighted by Gasteiger charge is -2.18. The molecule has 0 saturated heterocycles. The summed E-state index contributed by atoms with van der Waals surface area (Å²) in [4.78, 5) is 2.14. The second-order valence-corrected chi connectivity index (χ2v) is 3.71. The average Bonchev–Trinajstić information content (AvgIpc) is 2.30. The van der Waals surface area contributed by atoms with Crippen molar-refractivity contribution in [1.82, 2.24) is 4.90 Å². The highest BCUT2D eigenvalue weighted by Crippen LogP contribution is 2.30. The van der Waals surface area contributed by atoms with Crippen molar-refractivity contribution in [2.75, 3.05) is 14.1 Å². The van der Waals surface area contributed by atoms with E-state index in [9.17, 15) is 0 Å². The maximum atomic E-state index is 4.02. The van der Waals surface area contributed by atoms with Crippen LogP contribution in [0.1, 0.15) is 13.8 Å². The minimum absolute atomic E-state index is 0.560. The van der Waals surface area contributed by atoms with Crippen molar-refractivity contribution in [3.8, 4) is 0 Å². The van der Waals surface area contributed by atoms with E-state index >= 15 is 0 Å². The summed E-state index contributed by atoms with van der Waals surface area (Å²) in [5, 5.41) is 0. The van der Waals surface area contributed by atoms with Gasteiger partial charge in [-0.05, 0) is 23.1 Å². The van der Waals surface area contributed by atoms with Gasteiger partial charge < -0.3 is 4.90 Å². The maximum absolute atomic E-state index is 4.02. The minimum Gasteiger partial charge on any atom is -0.377 e. The Hall–Kier alpha value is -0.980. The topological polar surface area (TPSA) is 3.24 Å². The van der Waals surface area contributed by atoms with Gasteiger partial charge in [-0.3, -0.25) is 0 Å². The maximum Gasteiger partial charge on any atom is 0.0402 e. The molecule has 0 radical (unpaired) electrons. The van der Waals surface area contributed by atoms with Gasteiger partial charge in [0.15, 0.2) is 0 Å². The predicted molar refractivity (Wildman–Crippen MR) is 53.8 cm³/mol. The largest absolute Gasteiger partial charge is 0.377 e. The highest BCUT2D eigenvalue weighted by molar-refractivity contribution is 5.52. The molecule has 0 fully saturated rings. The van der Waals surface area contributed by atoms with E-state index in [1.807, 2.05) is 0 Å². The molecule has 66 valence electrons. The zero-order valence-electron chi connectivity index (χ0n) is 8.39. The summed E-state index contributed by atoms with van der Waals surface area (Å²) in [7, 11) is 4.14. The number of allylic oxidation sites excluding steroid dienone is 4. The standard InChI is InChI=1S/C11H17N/c1-8(2)11-9(3)6-7-10(11)12(4)5/h6-8H,3H2,1-2,4-5H3. The van der Waals surface area contributed by atoms with Crippen molar-refractivity contribution in [2.45, 2.75) is 13.8 Å². The minimum atomic E-state index is 0.560. The number of rotatable bonds is 2. The van der Waals surface area contributed by atoms with Crippen molar-refractivity contribution >= 4 is 0 Å². The number of nitrogens with zero attached hydrogens (tertiary/aromatic N) is 1. The zero-order valence-corrected chi connectivity index (χ0v) is 8.39. The van der Waals surface area contributed by atoms with Crippen LogP contribution < -0.4 is 0 Å². The summed E-state index contributed by atoms with van der Waals surface area (Å²) in [5.74, 6) is 0.560. The van der Waals surface area contributed by atoms with Crippen molar-refractivity contribution < 1.29 is 0 Å². The van der Waals surface area contributed by atoms with Crippen LogP contribution in [0.25, 0.3) is 0 Å². The molecule has 0 aromatic carbocycles. The molecule has 0 heterocycles. The Morgan fingerprint density at radius 1 is 1.25 bits per heavy atom. The molecule has 0 unspecified atom stereocenters. The van der Waals surface area contributed by atoms with Crippen LogP contribution in [0.4, 0.5) is 0 Å². The molecule has 1 aliphatic carbocycles. The van der Waals surface area contributed by atoms with E-state index in [0.29, 0.717) is 5.92 Å². The van der Waals surface area contributed by atoms with Gasteiger partial charge in [-0.25, -0.2) is 0 Å². The van der Waals surface area contributed by atoms with Crippen LogP contribution in [-0.4, -0.2) is 19.0 Å². The molecule has 0 amide bonds. The highest BCUT2D eigenvalue weighted by Gasteiger charge is 2.16. The number of hydrogen-bond donors (Lipinski definition) is 0. The van der Waals surface area contributed by atoms with Crippen LogP contribution in [-0.2, 0) is 0 Å². The van der Waals surface area contributed by atoms with Gasteiger partial charge in [0.25, 0.3) is 0 Å². The average molecular weight is 163 g/mol. The normalized spacial score (nSPS) is 16.6. The first-order valence-electron chi connectivity index (χ1n) is 4.33. The fourth-order valence-corrected chi connectivity index (χ4v) is 1.58. The van der Waals surface area contributed by atoms with E-state index in [2.05, 4.69) is 51.6 Å². The number of hydrogen-bond acceptors (Lipinski definition) is 1. The van der Waals surface area contributed by atoms with Gasteiger partial charge in [-0.2, -0.15) is 0 Å². The molecule has 1 nitrogen and oxygen atoms in total. The van der Waals surface area contributed by atoms with Gasteiger partial charge in [0.1, 0.15) is 0 Å². The van der Waals surface area contributed by atoms with Crippen molar-refractivity contribution in [1.29, 1.82) is 0 Å². The van der Waals surface area contributed by atoms with Gasteiger partial charge in [-0.15, -0.1) is 0 Å². The Bertz CT molecular complexity index is 244. The molecule has 0 bridgehead atoms. The SMILES string of the molecule is C=C1C=CC(N(C)C)=C1C(C)C. The molecule has 0 aliphatic heterocycles. The molecule has 0 aromatic rings. The lowest BCUT2D eigenvalue weighted by Crippen LogP contribution is -2.12. The summed E-state index contributed by atoms with van der Waals surface area (Å²) in [6, 6.07) is 0. The Balaban J connectivity index is 3.05. The first-order valence-corrected chi connectivity index (χ1v) is 4.33. The van der Waals surface area contributed by atoms with Crippen LogP contribution >= 0.6 is 0 Å². The van der Waals surface area contributed by atoms with E-state index in [1.165, 1.54) is 11.3 Å². The third kappa shape index (κ3) is 1.45. The van der Waals surface area contributed by atoms with Crippen LogP contribution in [0.15, 0.2) is 35.6 Å². The third-order valence-corrected chi connectivity index (χ3v) is 2.12. The zero-order chi connectivity index (χ0) is 9.30. The molecule has 0 saturated carbocycles. The van der Waals surface area contributed by atoms with E-state index in [1.54, 1.807) is 0 Å². The molecule has 0 N–H and O–H groups in total. The highest BCUT2D eigenvalue weighted by atomic mass is 15.1. The fourth-order valence-electron chi connectivity index (χ4n) is 1.58. The summed E-state index contributed by atoms with van der Waals surface area (Å²) >= 11 is 0. The quantitative estimate of drug-likeness (QED) is 0.604. The van der Waals surface area contributed by atoms with Crippen molar-refractivity contribution in [3.63, 3.8) is 0 Å². The first kappa shape index (κ1) is 9.11. The lowest BCUT2D eigenvalue weighted by atomic mass is 9.98. The second kappa shape index (κ2) is 3.18. The Morgan fingerprint density at radius 3 is 2.17 bits per heavy atom. The fraction of sp³-hybridized carbons (Fsp3) is 0.455. The molecule has 12 heavy (non-hydrogen) atoms. The van der Waals surface area contributed by atoms with Gasteiger partial charge in [-0.1, -0.05) is 26.5 Å².